The molecule has 1 saturated heterocycles. The summed E-state index contributed by atoms with van der Waals surface area (Å²) in [4.78, 5) is 39.4. The number of furan rings is 1. The van der Waals surface area contributed by atoms with Crippen LogP contribution < -0.4 is 5.32 Å². The average molecular weight is 515 g/mol. The molecule has 0 aliphatic carbocycles. The van der Waals surface area contributed by atoms with Crippen molar-refractivity contribution in [3.63, 3.8) is 0 Å². The third-order valence-electron chi connectivity index (χ3n) is 4.16. The van der Waals surface area contributed by atoms with Gasteiger partial charge in [0.15, 0.2) is 5.09 Å². The van der Waals surface area contributed by atoms with Crippen molar-refractivity contribution in [2.75, 3.05) is 11.9 Å². The van der Waals surface area contributed by atoms with Gasteiger partial charge in [0.25, 0.3) is 11.1 Å². The van der Waals surface area contributed by atoms with Crippen molar-refractivity contribution in [3.8, 4) is 0 Å². The zero-order valence-electron chi connectivity index (χ0n) is 15.9. The summed E-state index contributed by atoms with van der Waals surface area (Å²) in [5, 5.41) is 2.86. The van der Waals surface area contributed by atoms with Crippen molar-refractivity contribution in [1.29, 1.82) is 0 Å². The Morgan fingerprint density at radius 2 is 1.81 bits per heavy atom. The van der Waals surface area contributed by atoms with Crippen LogP contribution in [0.1, 0.15) is 5.76 Å². The van der Waals surface area contributed by atoms with Crippen molar-refractivity contribution >= 4 is 68.3 Å². The minimum Gasteiger partial charge on any atom is -0.450 e. The van der Waals surface area contributed by atoms with E-state index in [2.05, 4.69) is 21.2 Å². The van der Waals surface area contributed by atoms with E-state index in [1.165, 1.54) is 17.8 Å². The predicted octanol–water partition coefficient (Wildman–Crippen LogP) is 5.87. The van der Waals surface area contributed by atoms with Crippen molar-refractivity contribution < 1.29 is 18.8 Å². The molecule has 2 heterocycles. The molecule has 1 aliphatic rings. The third-order valence-corrected chi connectivity index (χ3v) is 6.69. The Hall–Kier alpha value is -2.75. The number of para-hydroxylation sites is 1. The van der Waals surface area contributed by atoms with E-state index in [1.54, 1.807) is 30.3 Å². The van der Waals surface area contributed by atoms with E-state index in [0.29, 0.717) is 21.0 Å². The van der Waals surface area contributed by atoms with E-state index < -0.39 is 17.1 Å². The van der Waals surface area contributed by atoms with Gasteiger partial charge in [-0.2, -0.15) is 0 Å². The lowest BCUT2D eigenvalue weighted by Gasteiger charge is -2.13. The molecule has 0 atom stereocenters. The number of amides is 3. The van der Waals surface area contributed by atoms with E-state index in [1.807, 2.05) is 36.4 Å². The highest BCUT2D eigenvalue weighted by Gasteiger charge is 2.36. The van der Waals surface area contributed by atoms with Crippen LogP contribution in [0.15, 0.2) is 90.5 Å². The Labute approximate surface area is 195 Å². The average Bonchev–Trinajstić information content (AvgIpc) is 3.30. The van der Waals surface area contributed by atoms with Crippen LogP contribution in [0.5, 0.6) is 0 Å². The summed E-state index contributed by atoms with van der Waals surface area (Å²) in [5.74, 6) is -0.525. The molecule has 0 bridgehead atoms. The maximum atomic E-state index is 12.7. The molecule has 31 heavy (non-hydrogen) atoms. The van der Waals surface area contributed by atoms with Crippen LogP contribution in [-0.2, 0) is 9.59 Å². The lowest BCUT2D eigenvalue weighted by atomic mass is 10.3. The summed E-state index contributed by atoms with van der Waals surface area (Å²) >= 11 is 5.58. The fourth-order valence-corrected chi connectivity index (χ4v) is 4.73. The molecular formula is C22H15BrN2O4S2. The highest BCUT2D eigenvalue weighted by atomic mass is 79.9. The maximum Gasteiger partial charge on any atom is 0.294 e. The monoisotopic (exact) mass is 514 g/mol. The molecule has 1 aromatic heterocycles. The number of halogens is 1. The number of nitrogens with zero attached hydrogens (tertiary/aromatic N) is 1. The van der Waals surface area contributed by atoms with E-state index in [4.69, 9.17) is 4.42 Å². The van der Waals surface area contributed by atoms with Gasteiger partial charge in [-0.05, 0) is 64.1 Å². The summed E-state index contributed by atoms with van der Waals surface area (Å²) in [5.41, 5.74) is 0.564. The quantitative estimate of drug-likeness (QED) is 0.414. The Bertz CT molecular complexity index is 1180. The molecule has 0 unspecified atom stereocenters. The third kappa shape index (κ3) is 5.30. The molecule has 4 rings (SSSR count). The predicted molar refractivity (Wildman–Crippen MR) is 125 cm³/mol. The number of carbonyl (C=O) groups is 3. The number of imide groups is 1. The van der Waals surface area contributed by atoms with Crippen molar-refractivity contribution in [2.45, 2.75) is 9.99 Å². The first-order valence-electron chi connectivity index (χ1n) is 9.12. The van der Waals surface area contributed by atoms with Gasteiger partial charge in [-0.3, -0.25) is 19.3 Å². The lowest BCUT2D eigenvalue weighted by Crippen LogP contribution is -2.36. The number of rotatable bonds is 6. The standard InChI is InChI=1S/C22H15BrN2O4S2/c23-16-8-4-5-9-17(16)24-19(26)13-25-21(27)18(31-22(25)28)12-14-10-11-20(29-14)30-15-6-2-1-3-7-15/h1-12H,13H2,(H,24,26)/b18-12-. The minimum absolute atomic E-state index is 0.212. The molecule has 6 nitrogen and oxygen atoms in total. The molecular weight excluding hydrogens is 500 g/mol. The number of nitrogens with one attached hydrogen (secondary N) is 1. The number of anilines is 1. The van der Waals surface area contributed by atoms with Gasteiger partial charge in [-0.1, -0.05) is 42.1 Å². The van der Waals surface area contributed by atoms with Gasteiger partial charge in [0.1, 0.15) is 12.3 Å². The van der Waals surface area contributed by atoms with Gasteiger partial charge in [0.05, 0.1) is 10.6 Å². The Balaban J connectivity index is 1.41. The zero-order chi connectivity index (χ0) is 21.8. The van der Waals surface area contributed by atoms with Gasteiger partial charge in [0.2, 0.25) is 5.91 Å². The first-order chi connectivity index (χ1) is 15.0. The second-order valence-corrected chi connectivity index (χ2v) is 9.29. The molecule has 2 aromatic carbocycles. The molecule has 156 valence electrons. The highest BCUT2D eigenvalue weighted by Crippen LogP contribution is 2.34. The second-order valence-electron chi connectivity index (χ2n) is 6.37. The summed E-state index contributed by atoms with van der Waals surface area (Å²) in [7, 11) is 0. The van der Waals surface area contributed by atoms with Crippen LogP contribution in [0.3, 0.4) is 0 Å². The lowest BCUT2D eigenvalue weighted by molar-refractivity contribution is -0.127. The van der Waals surface area contributed by atoms with Crippen LogP contribution in [-0.4, -0.2) is 28.5 Å². The largest absolute Gasteiger partial charge is 0.450 e. The topological polar surface area (TPSA) is 79.6 Å². The van der Waals surface area contributed by atoms with Crippen molar-refractivity contribution in [3.05, 3.63) is 81.9 Å². The van der Waals surface area contributed by atoms with Gasteiger partial charge < -0.3 is 9.73 Å². The first-order valence-corrected chi connectivity index (χ1v) is 11.5. The van der Waals surface area contributed by atoms with Crippen LogP contribution in [0.2, 0.25) is 0 Å². The molecule has 1 N–H and O–H groups in total. The molecule has 1 fully saturated rings. The Morgan fingerprint density at radius 1 is 1.06 bits per heavy atom. The molecule has 1 aliphatic heterocycles. The molecule has 3 amide bonds. The Kier molecular flexibility index (Phi) is 6.64. The van der Waals surface area contributed by atoms with Gasteiger partial charge in [-0.25, -0.2) is 0 Å². The van der Waals surface area contributed by atoms with Crippen LogP contribution in [0.25, 0.3) is 6.08 Å². The first kappa shape index (κ1) is 21.5. The smallest absolute Gasteiger partial charge is 0.294 e. The summed E-state index contributed by atoms with van der Waals surface area (Å²) in [6, 6.07) is 20.4. The van der Waals surface area contributed by atoms with Crippen molar-refractivity contribution in [1.82, 2.24) is 4.90 Å². The summed E-state index contributed by atoms with van der Waals surface area (Å²) in [6.45, 7) is -0.364. The second kappa shape index (κ2) is 9.59. The van der Waals surface area contributed by atoms with E-state index in [-0.39, 0.29) is 11.4 Å². The number of hydrogen-bond acceptors (Lipinski definition) is 6. The normalized spacial score (nSPS) is 15.0. The molecule has 3 aromatic rings. The van der Waals surface area contributed by atoms with Crippen LogP contribution in [0.4, 0.5) is 10.5 Å². The fraction of sp³-hybridized carbons (Fsp3) is 0.0455. The van der Waals surface area contributed by atoms with Gasteiger partial charge in [0, 0.05) is 15.4 Å². The fourth-order valence-electron chi connectivity index (χ4n) is 2.73. The number of benzene rings is 2. The van der Waals surface area contributed by atoms with E-state index in [9.17, 15) is 14.4 Å². The zero-order valence-corrected chi connectivity index (χ0v) is 19.1. The van der Waals surface area contributed by atoms with Crippen LogP contribution in [0, 0.1) is 0 Å². The van der Waals surface area contributed by atoms with Gasteiger partial charge >= 0.3 is 0 Å². The molecule has 0 saturated carbocycles. The number of hydrogen-bond donors (Lipinski definition) is 1. The highest BCUT2D eigenvalue weighted by molar-refractivity contribution is 9.10. The van der Waals surface area contributed by atoms with Crippen LogP contribution >= 0.6 is 39.5 Å². The number of carbonyl (C=O) groups excluding carboxylic acids is 3. The minimum atomic E-state index is -0.522. The van der Waals surface area contributed by atoms with E-state index >= 15 is 0 Å². The molecule has 9 heteroatoms. The Morgan fingerprint density at radius 3 is 2.58 bits per heavy atom. The molecule has 0 spiro atoms. The number of thioether (sulfide) groups is 1. The SMILES string of the molecule is O=C(CN1C(=O)S/C(=C\c2ccc(Sc3ccccc3)o2)C1=O)Nc1ccccc1Br. The summed E-state index contributed by atoms with van der Waals surface area (Å²) in [6.07, 6.45) is 1.52. The summed E-state index contributed by atoms with van der Waals surface area (Å²) < 4.78 is 6.46. The molecule has 0 radical (unpaired) electrons. The van der Waals surface area contributed by atoms with E-state index in [0.717, 1.165) is 21.6 Å². The van der Waals surface area contributed by atoms with Gasteiger partial charge in [-0.15, -0.1) is 0 Å². The van der Waals surface area contributed by atoms with Crippen molar-refractivity contribution in [2.24, 2.45) is 0 Å². The maximum absolute atomic E-state index is 12.7.